The second-order valence-electron chi connectivity index (χ2n) is 2.86. The molecule has 2 heteroatoms. The van der Waals surface area contributed by atoms with Crippen LogP contribution in [0.4, 0.5) is 0 Å². The summed E-state index contributed by atoms with van der Waals surface area (Å²) in [5, 5.41) is 9.32. The van der Waals surface area contributed by atoms with E-state index in [1.807, 2.05) is 0 Å². The third-order valence-electron chi connectivity index (χ3n) is 1.96. The lowest BCUT2D eigenvalue weighted by Crippen LogP contribution is -2.34. The molecule has 0 aromatic heterocycles. The molecule has 0 spiro atoms. The van der Waals surface area contributed by atoms with Crippen molar-refractivity contribution in [2.75, 3.05) is 0 Å². The van der Waals surface area contributed by atoms with E-state index in [2.05, 4.69) is 12.2 Å². The van der Waals surface area contributed by atoms with Crippen LogP contribution in [-0.2, 0) is 0 Å². The maximum Gasteiger partial charge on any atom is 0.0694 e. The Morgan fingerprint density at radius 3 is 2.50 bits per heavy atom. The van der Waals surface area contributed by atoms with Gasteiger partial charge in [0.1, 0.15) is 0 Å². The molecule has 0 amide bonds. The van der Waals surface area contributed by atoms with E-state index in [0.29, 0.717) is 0 Å². The van der Waals surface area contributed by atoms with Crippen LogP contribution in [0.1, 0.15) is 25.7 Å². The monoisotopic (exact) mass is 141 g/mol. The van der Waals surface area contributed by atoms with Crippen LogP contribution in [-0.4, -0.2) is 17.3 Å². The topological polar surface area (TPSA) is 46.2 Å². The summed E-state index contributed by atoms with van der Waals surface area (Å²) < 4.78 is 0. The van der Waals surface area contributed by atoms with Crippen LogP contribution >= 0.6 is 0 Å². The van der Waals surface area contributed by atoms with Crippen molar-refractivity contribution in [3.63, 3.8) is 0 Å². The van der Waals surface area contributed by atoms with Crippen molar-refractivity contribution >= 4 is 0 Å². The minimum atomic E-state index is -0.287. The van der Waals surface area contributed by atoms with Crippen LogP contribution in [0.15, 0.2) is 12.2 Å². The van der Waals surface area contributed by atoms with Gasteiger partial charge in [-0.25, -0.2) is 0 Å². The first kappa shape index (κ1) is 7.76. The van der Waals surface area contributed by atoms with Gasteiger partial charge >= 0.3 is 0 Å². The molecule has 0 aromatic rings. The Kier molecular flexibility index (Phi) is 2.90. The molecule has 0 saturated heterocycles. The molecule has 0 bridgehead atoms. The third kappa shape index (κ3) is 2.12. The van der Waals surface area contributed by atoms with E-state index in [0.717, 1.165) is 25.7 Å². The van der Waals surface area contributed by atoms with Crippen LogP contribution in [0.25, 0.3) is 0 Å². The molecule has 0 heterocycles. The predicted molar refractivity (Wildman–Crippen MR) is 41.6 cm³/mol. The third-order valence-corrected chi connectivity index (χ3v) is 1.96. The van der Waals surface area contributed by atoms with Gasteiger partial charge < -0.3 is 10.8 Å². The minimum absolute atomic E-state index is 0.00931. The number of hydrogen-bond donors (Lipinski definition) is 2. The highest BCUT2D eigenvalue weighted by atomic mass is 16.3. The summed E-state index contributed by atoms with van der Waals surface area (Å²) in [5.74, 6) is 0. The molecule has 1 rings (SSSR count). The maximum absolute atomic E-state index is 9.32. The molecule has 1 aliphatic carbocycles. The lowest BCUT2D eigenvalue weighted by molar-refractivity contribution is 0.131. The van der Waals surface area contributed by atoms with Crippen LogP contribution in [0, 0.1) is 0 Å². The largest absolute Gasteiger partial charge is 0.392 e. The van der Waals surface area contributed by atoms with E-state index in [1.165, 1.54) is 0 Å². The summed E-state index contributed by atoms with van der Waals surface area (Å²) in [6.45, 7) is 0. The highest BCUT2D eigenvalue weighted by molar-refractivity contribution is 4.88. The summed E-state index contributed by atoms with van der Waals surface area (Å²) in [6, 6.07) is -0.00931. The Balaban J connectivity index is 2.40. The van der Waals surface area contributed by atoms with Gasteiger partial charge in [0.2, 0.25) is 0 Å². The van der Waals surface area contributed by atoms with Crippen molar-refractivity contribution < 1.29 is 5.11 Å². The summed E-state index contributed by atoms with van der Waals surface area (Å²) in [5.41, 5.74) is 5.66. The fourth-order valence-corrected chi connectivity index (χ4v) is 1.20. The highest BCUT2D eigenvalue weighted by Gasteiger charge is 2.13. The number of hydrogen-bond acceptors (Lipinski definition) is 2. The van der Waals surface area contributed by atoms with Gasteiger partial charge in [-0.3, -0.25) is 0 Å². The van der Waals surface area contributed by atoms with E-state index in [1.54, 1.807) is 0 Å². The minimum Gasteiger partial charge on any atom is -0.392 e. The van der Waals surface area contributed by atoms with Crippen molar-refractivity contribution in [2.45, 2.75) is 37.8 Å². The van der Waals surface area contributed by atoms with E-state index in [9.17, 15) is 5.11 Å². The van der Waals surface area contributed by atoms with Crippen molar-refractivity contribution in [3.8, 4) is 0 Å². The van der Waals surface area contributed by atoms with Crippen LogP contribution in [0.3, 0.4) is 0 Å². The summed E-state index contributed by atoms with van der Waals surface area (Å²) in [7, 11) is 0. The summed E-state index contributed by atoms with van der Waals surface area (Å²) >= 11 is 0. The van der Waals surface area contributed by atoms with Crippen LogP contribution in [0.5, 0.6) is 0 Å². The number of aliphatic hydroxyl groups excluding tert-OH is 1. The molecule has 2 nitrogen and oxygen atoms in total. The zero-order valence-corrected chi connectivity index (χ0v) is 6.16. The molecule has 10 heavy (non-hydrogen) atoms. The number of allylic oxidation sites excluding steroid dienone is 2. The summed E-state index contributed by atoms with van der Waals surface area (Å²) in [6.07, 6.45) is 7.69. The molecule has 0 aromatic carbocycles. The van der Waals surface area contributed by atoms with E-state index in [4.69, 9.17) is 5.73 Å². The van der Waals surface area contributed by atoms with Crippen molar-refractivity contribution in [1.82, 2.24) is 0 Å². The van der Waals surface area contributed by atoms with E-state index >= 15 is 0 Å². The molecule has 0 unspecified atom stereocenters. The van der Waals surface area contributed by atoms with Crippen molar-refractivity contribution in [2.24, 2.45) is 5.73 Å². The van der Waals surface area contributed by atoms with Gasteiger partial charge in [0.25, 0.3) is 0 Å². The molecular formula is C8H15NO. The van der Waals surface area contributed by atoms with Crippen LogP contribution in [0.2, 0.25) is 0 Å². The second-order valence-corrected chi connectivity index (χ2v) is 2.86. The zero-order chi connectivity index (χ0) is 7.40. The van der Waals surface area contributed by atoms with E-state index < -0.39 is 0 Å². The Morgan fingerprint density at radius 2 is 1.80 bits per heavy atom. The van der Waals surface area contributed by atoms with Gasteiger partial charge in [-0.2, -0.15) is 0 Å². The van der Waals surface area contributed by atoms with Crippen molar-refractivity contribution in [3.05, 3.63) is 12.2 Å². The first-order valence-electron chi connectivity index (χ1n) is 3.89. The molecule has 0 aliphatic heterocycles. The Bertz CT molecular complexity index is 108. The molecular weight excluding hydrogens is 126 g/mol. The molecule has 58 valence electrons. The first-order chi connectivity index (χ1) is 4.80. The maximum atomic E-state index is 9.32. The lowest BCUT2D eigenvalue weighted by Gasteiger charge is -2.18. The number of nitrogens with two attached hydrogens (primary N) is 1. The Morgan fingerprint density at radius 1 is 1.20 bits per heavy atom. The fourth-order valence-electron chi connectivity index (χ4n) is 1.20. The van der Waals surface area contributed by atoms with E-state index in [-0.39, 0.29) is 12.1 Å². The Labute approximate surface area is 61.7 Å². The smallest absolute Gasteiger partial charge is 0.0694 e. The van der Waals surface area contributed by atoms with Gasteiger partial charge in [0.05, 0.1) is 6.10 Å². The average molecular weight is 141 g/mol. The average Bonchev–Trinajstić information content (AvgIpc) is 1.92. The molecule has 2 atom stereocenters. The predicted octanol–water partition coefficient (Wildman–Crippen LogP) is 0.805. The normalized spacial score (nSPS) is 38.2. The van der Waals surface area contributed by atoms with Gasteiger partial charge in [0.15, 0.2) is 0 Å². The highest BCUT2D eigenvalue weighted by Crippen LogP contribution is 2.10. The quantitative estimate of drug-likeness (QED) is 0.490. The first-order valence-corrected chi connectivity index (χ1v) is 3.89. The van der Waals surface area contributed by atoms with Crippen LogP contribution < -0.4 is 5.73 Å². The second kappa shape index (κ2) is 3.74. The van der Waals surface area contributed by atoms with Gasteiger partial charge in [-0.15, -0.1) is 0 Å². The molecule has 3 N–H and O–H groups in total. The van der Waals surface area contributed by atoms with Gasteiger partial charge in [-0.05, 0) is 25.7 Å². The van der Waals surface area contributed by atoms with Gasteiger partial charge in [-0.1, -0.05) is 12.2 Å². The SMILES string of the molecule is N[C@@H]1CC/C=C\CC[C@H]1O. The van der Waals surface area contributed by atoms with Gasteiger partial charge in [0, 0.05) is 6.04 Å². The van der Waals surface area contributed by atoms with Crippen molar-refractivity contribution in [1.29, 1.82) is 0 Å². The molecule has 0 fully saturated rings. The lowest BCUT2D eigenvalue weighted by atomic mass is 9.99. The summed E-state index contributed by atoms with van der Waals surface area (Å²) in [4.78, 5) is 0. The fraction of sp³-hybridized carbons (Fsp3) is 0.750. The standard InChI is InChI=1S/C8H15NO/c9-7-5-3-1-2-4-6-8(7)10/h1-2,7-8,10H,3-6,9H2/b2-1-/t7-,8-/m1/s1. The zero-order valence-electron chi connectivity index (χ0n) is 6.16. The molecule has 0 radical (unpaired) electrons. The number of rotatable bonds is 0. The molecule has 1 aliphatic rings. The Hall–Kier alpha value is -0.340. The number of aliphatic hydroxyl groups is 1. The molecule has 0 saturated carbocycles.